The van der Waals surface area contributed by atoms with Gasteiger partial charge >= 0.3 is 0 Å². The first-order chi connectivity index (χ1) is 27.2. The van der Waals surface area contributed by atoms with Gasteiger partial charge in [0, 0.05) is 33.5 Å². The van der Waals surface area contributed by atoms with Crippen LogP contribution >= 0.6 is 0 Å². The molecule has 0 bridgehead atoms. The number of aromatic nitrogens is 7. The molecular formula is C48H33N7. The Labute approximate surface area is 317 Å². The molecule has 10 aromatic rings. The second kappa shape index (κ2) is 13.1. The van der Waals surface area contributed by atoms with Crippen LogP contribution in [0.3, 0.4) is 0 Å². The molecule has 7 heteroatoms. The monoisotopic (exact) mass is 707 g/mol. The highest BCUT2D eigenvalue weighted by Crippen LogP contribution is 2.38. The van der Waals surface area contributed by atoms with Gasteiger partial charge in [0.25, 0.3) is 0 Å². The van der Waals surface area contributed by atoms with E-state index in [9.17, 15) is 0 Å². The third-order valence-electron chi connectivity index (χ3n) is 10.0. The van der Waals surface area contributed by atoms with Gasteiger partial charge in [-0.15, -0.1) is 0 Å². The highest BCUT2D eigenvalue weighted by atomic mass is 15.3. The fourth-order valence-corrected chi connectivity index (χ4v) is 7.54. The second-order valence-electron chi connectivity index (χ2n) is 13.3. The van der Waals surface area contributed by atoms with Crippen molar-refractivity contribution in [1.29, 1.82) is 0 Å². The third kappa shape index (κ3) is 5.29. The second-order valence-corrected chi connectivity index (χ2v) is 13.3. The van der Waals surface area contributed by atoms with Gasteiger partial charge in [0.1, 0.15) is 5.52 Å². The van der Waals surface area contributed by atoms with Gasteiger partial charge in [0.05, 0.1) is 16.6 Å². The Kier molecular flexibility index (Phi) is 7.63. The molecule has 6 aromatic carbocycles. The zero-order valence-electron chi connectivity index (χ0n) is 29.8. The predicted molar refractivity (Wildman–Crippen MR) is 224 cm³/mol. The molecule has 260 valence electrons. The van der Waals surface area contributed by atoms with Crippen LogP contribution in [-0.4, -0.2) is 33.5 Å². The minimum atomic E-state index is 0.536. The van der Waals surface area contributed by atoms with Gasteiger partial charge in [0.15, 0.2) is 23.1 Å². The molecule has 0 aliphatic heterocycles. The summed E-state index contributed by atoms with van der Waals surface area (Å²) in [6.07, 6.45) is 5.32. The van der Waals surface area contributed by atoms with Crippen molar-refractivity contribution in [3.8, 4) is 45.3 Å². The van der Waals surface area contributed by atoms with Crippen LogP contribution in [0.4, 0.5) is 0 Å². The van der Waals surface area contributed by atoms with Crippen molar-refractivity contribution >= 4 is 44.5 Å². The maximum absolute atomic E-state index is 5.40. The number of fused-ring (bicyclic) bond motifs is 7. The number of para-hydroxylation sites is 3. The Morgan fingerprint density at radius 3 is 1.84 bits per heavy atom. The number of imidazole rings is 2. The van der Waals surface area contributed by atoms with Crippen LogP contribution in [0.15, 0.2) is 189 Å². The van der Waals surface area contributed by atoms with E-state index in [-0.39, 0.29) is 0 Å². The Morgan fingerprint density at radius 2 is 1.11 bits per heavy atom. The quantitative estimate of drug-likeness (QED) is 0.147. The zero-order chi connectivity index (χ0) is 36.9. The van der Waals surface area contributed by atoms with Crippen LogP contribution in [0, 0.1) is 0 Å². The summed E-state index contributed by atoms with van der Waals surface area (Å²) in [5.74, 6) is 2.55. The number of hydrogen-bond acceptors (Lipinski definition) is 4. The minimum absolute atomic E-state index is 0.536. The molecule has 0 radical (unpaired) electrons. The van der Waals surface area contributed by atoms with E-state index in [2.05, 4.69) is 142 Å². The Hall–Kier alpha value is -7.64. The first kappa shape index (κ1) is 32.0. The summed E-state index contributed by atoms with van der Waals surface area (Å²) in [7, 11) is 0. The van der Waals surface area contributed by atoms with Gasteiger partial charge in [-0.25, -0.2) is 19.9 Å². The van der Waals surface area contributed by atoms with E-state index in [0.29, 0.717) is 17.5 Å². The van der Waals surface area contributed by atoms with Crippen molar-refractivity contribution < 1.29 is 0 Å². The Balaban J connectivity index is 1.19. The number of rotatable bonds is 8. The van der Waals surface area contributed by atoms with Gasteiger partial charge in [-0.1, -0.05) is 141 Å². The lowest BCUT2D eigenvalue weighted by atomic mass is 10.0. The molecule has 0 amide bonds. The van der Waals surface area contributed by atoms with E-state index in [4.69, 9.17) is 19.9 Å². The van der Waals surface area contributed by atoms with Gasteiger partial charge in [-0.05, 0) is 59.7 Å². The SMILES string of the molecule is C=C/C=C(\C=C)c1nc(-c2ccccc2)nc(-c2cccc(-c3ccc4c(c3)n(-c3ccccc3)c3nc5c6ccccc6n(-c6ccccc6)c5n43)c2)n1. The zero-order valence-corrected chi connectivity index (χ0v) is 29.8. The molecule has 7 nitrogen and oxygen atoms in total. The van der Waals surface area contributed by atoms with E-state index < -0.39 is 0 Å². The standard InChI is InChI=1S/C48H33N7/c1-3-17-32(4-2)44-50-45(33-18-8-5-9-19-33)52-46(51-44)36-21-16-20-34(30-36)35-28-29-41-42(31-35)54(38-24-12-7-13-25-38)48-49-43-39-26-14-15-27-40(39)53(47(43)55(41)48)37-22-10-6-11-23-37/h3-31H,1-2H2/b32-17+. The fraction of sp³-hybridized carbons (Fsp3) is 0. The largest absolute Gasteiger partial charge is 0.294 e. The van der Waals surface area contributed by atoms with E-state index in [1.54, 1.807) is 12.2 Å². The number of benzene rings is 6. The molecule has 0 fully saturated rings. The summed E-state index contributed by atoms with van der Waals surface area (Å²) in [5, 5.41) is 1.11. The highest BCUT2D eigenvalue weighted by molar-refractivity contribution is 6.09. The van der Waals surface area contributed by atoms with E-state index in [0.717, 1.165) is 78.1 Å². The average Bonchev–Trinajstić information content (AvgIpc) is 3.89. The highest BCUT2D eigenvalue weighted by Gasteiger charge is 2.24. The van der Waals surface area contributed by atoms with Crippen LogP contribution in [0.25, 0.3) is 89.7 Å². The molecular weight excluding hydrogens is 675 g/mol. The van der Waals surface area contributed by atoms with Crippen LogP contribution in [0.5, 0.6) is 0 Å². The lowest BCUT2D eigenvalue weighted by Crippen LogP contribution is -2.02. The van der Waals surface area contributed by atoms with Crippen LogP contribution in [0.2, 0.25) is 0 Å². The molecule has 55 heavy (non-hydrogen) atoms. The predicted octanol–water partition coefficient (Wildman–Crippen LogP) is 11.3. The number of nitrogens with zero attached hydrogens (tertiary/aromatic N) is 7. The van der Waals surface area contributed by atoms with Crippen molar-refractivity contribution in [2.45, 2.75) is 0 Å². The molecule has 0 aliphatic carbocycles. The van der Waals surface area contributed by atoms with Gasteiger partial charge in [0.2, 0.25) is 5.78 Å². The van der Waals surface area contributed by atoms with Crippen LogP contribution in [0.1, 0.15) is 5.82 Å². The van der Waals surface area contributed by atoms with E-state index in [1.807, 2.05) is 48.5 Å². The van der Waals surface area contributed by atoms with Crippen LogP contribution < -0.4 is 0 Å². The summed E-state index contributed by atoms with van der Waals surface area (Å²) in [6, 6.07) is 54.5. The maximum atomic E-state index is 5.40. The van der Waals surface area contributed by atoms with Crippen molar-refractivity contribution in [2.24, 2.45) is 0 Å². The Morgan fingerprint density at radius 1 is 0.491 bits per heavy atom. The Bertz CT molecular complexity index is 3110. The summed E-state index contributed by atoms with van der Waals surface area (Å²) in [6.45, 7) is 7.88. The van der Waals surface area contributed by atoms with Gasteiger partial charge in [-0.2, -0.15) is 0 Å². The normalized spacial score (nSPS) is 11.9. The molecule has 0 saturated heterocycles. The molecule has 0 saturated carbocycles. The molecule has 0 aliphatic rings. The van der Waals surface area contributed by atoms with E-state index >= 15 is 0 Å². The average molecular weight is 708 g/mol. The van der Waals surface area contributed by atoms with Crippen molar-refractivity contribution in [3.63, 3.8) is 0 Å². The smallest absolute Gasteiger partial charge is 0.221 e. The molecule has 0 atom stereocenters. The number of allylic oxidation sites excluding steroid dienone is 4. The van der Waals surface area contributed by atoms with Gasteiger partial charge < -0.3 is 0 Å². The summed E-state index contributed by atoms with van der Waals surface area (Å²) in [4.78, 5) is 20.1. The first-order valence-electron chi connectivity index (χ1n) is 18.1. The topological polar surface area (TPSA) is 65.8 Å². The van der Waals surface area contributed by atoms with E-state index in [1.165, 1.54) is 0 Å². The summed E-state index contributed by atoms with van der Waals surface area (Å²) < 4.78 is 6.89. The molecule has 4 aromatic heterocycles. The fourth-order valence-electron chi connectivity index (χ4n) is 7.54. The molecule has 0 N–H and O–H groups in total. The summed E-state index contributed by atoms with van der Waals surface area (Å²) in [5.41, 5.74) is 12.0. The van der Waals surface area contributed by atoms with Gasteiger partial charge in [-0.3, -0.25) is 13.5 Å². The van der Waals surface area contributed by atoms with Crippen molar-refractivity contribution in [3.05, 3.63) is 195 Å². The summed E-state index contributed by atoms with van der Waals surface area (Å²) >= 11 is 0. The minimum Gasteiger partial charge on any atom is -0.294 e. The number of hydrogen-bond donors (Lipinski definition) is 0. The lowest BCUT2D eigenvalue weighted by molar-refractivity contribution is 1.04. The van der Waals surface area contributed by atoms with Crippen molar-refractivity contribution in [1.82, 2.24) is 33.5 Å². The van der Waals surface area contributed by atoms with Crippen LogP contribution in [-0.2, 0) is 0 Å². The lowest BCUT2D eigenvalue weighted by Gasteiger charge is -2.10. The molecule has 0 unspecified atom stereocenters. The first-order valence-corrected chi connectivity index (χ1v) is 18.1. The molecule has 10 rings (SSSR count). The molecule has 4 heterocycles. The molecule has 0 spiro atoms. The maximum Gasteiger partial charge on any atom is 0.221 e. The third-order valence-corrected chi connectivity index (χ3v) is 10.0. The van der Waals surface area contributed by atoms with Crippen molar-refractivity contribution in [2.75, 3.05) is 0 Å².